The highest BCUT2D eigenvalue weighted by Crippen LogP contribution is 2.28. The summed E-state index contributed by atoms with van der Waals surface area (Å²) in [6.45, 7) is 3.87. The first-order valence-electron chi connectivity index (χ1n) is 7.50. The molecule has 1 aliphatic heterocycles. The van der Waals surface area contributed by atoms with Crippen LogP contribution >= 0.6 is 23.4 Å². The van der Waals surface area contributed by atoms with Crippen LogP contribution in [0.3, 0.4) is 0 Å². The third-order valence-corrected chi connectivity index (χ3v) is 5.46. The second kappa shape index (κ2) is 6.13. The van der Waals surface area contributed by atoms with Gasteiger partial charge < -0.3 is 9.47 Å². The van der Waals surface area contributed by atoms with Gasteiger partial charge in [-0.05, 0) is 37.1 Å². The third-order valence-electron chi connectivity index (χ3n) is 4.41. The number of halogens is 1. The number of aryl methyl sites for hydroxylation is 1. The van der Waals surface area contributed by atoms with Crippen molar-refractivity contribution >= 4 is 40.3 Å². The van der Waals surface area contributed by atoms with E-state index in [0.717, 1.165) is 42.1 Å². The van der Waals surface area contributed by atoms with Gasteiger partial charge in [0.1, 0.15) is 0 Å². The average Bonchev–Trinajstić information content (AvgIpc) is 2.82. The molecule has 1 saturated heterocycles. The number of piperidine rings is 1. The lowest BCUT2D eigenvalue weighted by Crippen LogP contribution is -2.38. The molecule has 1 aromatic heterocycles. The predicted molar refractivity (Wildman–Crippen MR) is 91.8 cm³/mol. The van der Waals surface area contributed by atoms with E-state index in [1.54, 1.807) is 17.8 Å². The van der Waals surface area contributed by atoms with Crippen LogP contribution < -0.4 is 0 Å². The van der Waals surface area contributed by atoms with Crippen molar-refractivity contribution in [1.29, 1.82) is 0 Å². The molecule has 0 N–H and O–H groups in total. The van der Waals surface area contributed by atoms with Crippen molar-refractivity contribution < 1.29 is 4.79 Å². The molecule has 0 radical (unpaired) electrons. The van der Waals surface area contributed by atoms with Crippen LogP contribution in [0.2, 0.25) is 5.02 Å². The average molecular weight is 338 g/mol. The van der Waals surface area contributed by atoms with Gasteiger partial charge in [-0.2, -0.15) is 0 Å². The van der Waals surface area contributed by atoms with Gasteiger partial charge in [0.2, 0.25) is 0 Å². The van der Waals surface area contributed by atoms with Crippen LogP contribution in [0.4, 0.5) is 0 Å². The summed E-state index contributed by atoms with van der Waals surface area (Å²) in [5, 5.41) is 1.41. The molecule has 118 valence electrons. The highest BCUT2D eigenvalue weighted by molar-refractivity contribution is 7.98. The fourth-order valence-electron chi connectivity index (χ4n) is 2.92. The van der Waals surface area contributed by atoms with E-state index in [2.05, 4.69) is 11.9 Å². The molecule has 0 aliphatic carbocycles. The molecule has 1 aromatic carbocycles. The molecule has 1 aliphatic rings. The lowest BCUT2D eigenvalue weighted by Gasteiger charge is -2.30. The molecule has 0 spiro atoms. The van der Waals surface area contributed by atoms with E-state index in [-0.39, 0.29) is 5.91 Å². The Labute approximate surface area is 139 Å². The molecule has 0 atom stereocenters. The summed E-state index contributed by atoms with van der Waals surface area (Å²) in [5.74, 6) is 0.730. The zero-order chi connectivity index (χ0) is 15.9. The number of imidazole rings is 1. The Morgan fingerprint density at radius 1 is 1.36 bits per heavy atom. The molecule has 2 heterocycles. The largest absolute Gasteiger partial charge is 0.339 e. The van der Waals surface area contributed by atoms with Crippen LogP contribution in [0.25, 0.3) is 11.0 Å². The van der Waals surface area contributed by atoms with Gasteiger partial charge in [-0.25, -0.2) is 4.98 Å². The van der Waals surface area contributed by atoms with E-state index < -0.39 is 0 Å². The van der Waals surface area contributed by atoms with E-state index in [9.17, 15) is 4.79 Å². The summed E-state index contributed by atoms with van der Waals surface area (Å²) < 4.78 is 2.01. The Morgan fingerprint density at radius 2 is 2.05 bits per heavy atom. The molecule has 4 nitrogen and oxygen atoms in total. The Kier molecular flexibility index (Phi) is 4.37. The van der Waals surface area contributed by atoms with Gasteiger partial charge in [-0.1, -0.05) is 30.3 Å². The van der Waals surface area contributed by atoms with Crippen molar-refractivity contribution in [1.82, 2.24) is 14.5 Å². The van der Waals surface area contributed by atoms with Crippen LogP contribution in [0, 0.1) is 5.92 Å². The maximum atomic E-state index is 12.8. The maximum Gasteiger partial charge on any atom is 0.255 e. The van der Waals surface area contributed by atoms with Crippen LogP contribution in [0.1, 0.15) is 30.1 Å². The van der Waals surface area contributed by atoms with Crippen molar-refractivity contribution in [3.63, 3.8) is 0 Å². The number of hydrogen-bond donors (Lipinski definition) is 0. The Balaban J connectivity index is 1.97. The second-order valence-corrected chi connectivity index (χ2v) is 7.13. The summed E-state index contributed by atoms with van der Waals surface area (Å²) in [5.41, 5.74) is 2.36. The topological polar surface area (TPSA) is 38.1 Å². The van der Waals surface area contributed by atoms with E-state index in [1.165, 1.54) is 0 Å². The number of benzene rings is 1. The second-order valence-electron chi connectivity index (χ2n) is 5.95. The maximum absolute atomic E-state index is 12.8. The minimum atomic E-state index is 0.0331. The van der Waals surface area contributed by atoms with Crippen LogP contribution in [0.15, 0.2) is 17.3 Å². The van der Waals surface area contributed by atoms with Crippen LogP contribution in [-0.4, -0.2) is 39.7 Å². The fourth-order valence-corrected chi connectivity index (χ4v) is 3.72. The first kappa shape index (κ1) is 15.7. The standard InChI is InChI=1S/C16H20ClN3OS/c1-10-4-6-20(7-5-10)15(21)11-8-14-13(9-12(11)17)18-16(22-3)19(14)2/h8-10H,4-7H2,1-3H3. The first-order chi connectivity index (χ1) is 10.5. The number of rotatable bonds is 2. The zero-order valence-electron chi connectivity index (χ0n) is 13.1. The molecular formula is C16H20ClN3OS. The number of aromatic nitrogens is 2. The van der Waals surface area contributed by atoms with E-state index in [0.29, 0.717) is 16.5 Å². The summed E-state index contributed by atoms with van der Waals surface area (Å²) >= 11 is 7.93. The van der Waals surface area contributed by atoms with Gasteiger partial charge in [0.15, 0.2) is 5.16 Å². The lowest BCUT2D eigenvalue weighted by molar-refractivity contribution is 0.0697. The highest BCUT2D eigenvalue weighted by Gasteiger charge is 2.24. The molecule has 0 bridgehead atoms. The number of amides is 1. The van der Waals surface area contributed by atoms with E-state index >= 15 is 0 Å². The molecule has 6 heteroatoms. The molecule has 3 rings (SSSR count). The molecule has 22 heavy (non-hydrogen) atoms. The molecular weight excluding hydrogens is 318 g/mol. The smallest absolute Gasteiger partial charge is 0.255 e. The van der Waals surface area contributed by atoms with Crippen molar-refractivity contribution in [3.8, 4) is 0 Å². The predicted octanol–water partition coefficient (Wildman–Crippen LogP) is 3.82. The normalized spacial score (nSPS) is 16.5. The van der Waals surface area contributed by atoms with Crippen molar-refractivity contribution in [3.05, 3.63) is 22.7 Å². The van der Waals surface area contributed by atoms with Gasteiger partial charge in [-0.15, -0.1) is 0 Å². The lowest BCUT2D eigenvalue weighted by atomic mass is 9.98. The Bertz CT molecular complexity index is 720. The quantitative estimate of drug-likeness (QED) is 0.782. The molecule has 1 amide bonds. The number of fused-ring (bicyclic) bond motifs is 1. The zero-order valence-corrected chi connectivity index (χ0v) is 14.7. The summed E-state index contributed by atoms with van der Waals surface area (Å²) in [7, 11) is 1.96. The number of likely N-dealkylation sites (tertiary alicyclic amines) is 1. The monoisotopic (exact) mass is 337 g/mol. The van der Waals surface area contributed by atoms with Gasteiger partial charge in [0.25, 0.3) is 5.91 Å². The molecule has 0 saturated carbocycles. The summed E-state index contributed by atoms with van der Waals surface area (Å²) in [4.78, 5) is 19.2. The highest BCUT2D eigenvalue weighted by atomic mass is 35.5. The van der Waals surface area contributed by atoms with Crippen molar-refractivity contribution in [2.45, 2.75) is 24.9 Å². The minimum Gasteiger partial charge on any atom is -0.339 e. The number of thioether (sulfide) groups is 1. The van der Waals surface area contributed by atoms with Gasteiger partial charge >= 0.3 is 0 Å². The first-order valence-corrected chi connectivity index (χ1v) is 9.10. The van der Waals surface area contributed by atoms with Gasteiger partial charge in [-0.3, -0.25) is 4.79 Å². The molecule has 1 fully saturated rings. The van der Waals surface area contributed by atoms with Gasteiger partial charge in [0.05, 0.1) is 21.6 Å². The number of carbonyl (C=O) groups is 1. The minimum absolute atomic E-state index is 0.0331. The summed E-state index contributed by atoms with van der Waals surface area (Å²) in [6.07, 6.45) is 4.12. The molecule has 0 unspecified atom stereocenters. The third kappa shape index (κ3) is 2.72. The van der Waals surface area contributed by atoms with Gasteiger partial charge in [0, 0.05) is 20.1 Å². The SMILES string of the molecule is CSc1nc2cc(Cl)c(C(=O)N3CCC(C)CC3)cc2n1C. The fraction of sp³-hybridized carbons (Fsp3) is 0.500. The van der Waals surface area contributed by atoms with E-state index in [1.807, 2.05) is 28.8 Å². The van der Waals surface area contributed by atoms with Crippen LogP contribution in [0.5, 0.6) is 0 Å². The number of nitrogens with zero attached hydrogens (tertiary/aromatic N) is 3. The molecule has 2 aromatic rings. The Morgan fingerprint density at radius 3 is 2.68 bits per heavy atom. The van der Waals surface area contributed by atoms with Crippen molar-refractivity contribution in [2.75, 3.05) is 19.3 Å². The summed E-state index contributed by atoms with van der Waals surface area (Å²) in [6, 6.07) is 3.68. The van der Waals surface area contributed by atoms with Crippen molar-refractivity contribution in [2.24, 2.45) is 13.0 Å². The Hall–Kier alpha value is -1.20. The number of carbonyl (C=O) groups excluding carboxylic acids is 1. The van der Waals surface area contributed by atoms with E-state index in [4.69, 9.17) is 11.6 Å². The van der Waals surface area contributed by atoms with Crippen LogP contribution in [-0.2, 0) is 7.05 Å². The number of hydrogen-bond acceptors (Lipinski definition) is 3.